The maximum Gasteiger partial charge on any atom is 3.00 e. The predicted octanol–water partition coefficient (Wildman–Crippen LogP) is 12.2. The number of benzene rings is 3. The van der Waals surface area contributed by atoms with Gasteiger partial charge in [-0.3, -0.25) is 9.97 Å². The van der Waals surface area contributed by atoms with Crippen LogP contribution in [0.25, 0.3) is 68.2 Å². The monoisotopic (exact) mass is 1000 g/mol. The van der Waals surface area contributed by atoms with Gasteiger partial charge >= 0.3 is 20.1 Å². The fourth-order valence-corrected chi connectivity index (χ4v) is 6.06. The molecule has 0 saturated carbocycles. The Morgan fingerprint density at radius 3 is 1.05 bits per heavy atom. The zero-order chi connectivity index (χ0) is 43.4. The van der Waals surface area contributed by atoms with Gasteiger partial charge in [0, 0.05) is 36.5 Å². The Kier molecular flexibility index (Phi) is 15.4. The molecule has 0 amide bonds. The number of hydrogen-bond acceptors (Lipinski definition) is 8. The second-order valence-electron chi connectivity index (χ2n) is 16.4. The summed E-state index contributed by atoms with van der Waals surface area (Å²) >= 11 is 0. The summed E-state index contributed by atoms with van der Waals surface area (Å²) < 4.78 is 0. The van der Waals surface area contributed by atoms with Gasteiger partial charge in [-0.2, -0.15) is 0 Å². The molecule has 0 bridgehead atoms. The van der Waals surface area contributed by atoms with E-state index in [0.717, 1.165) is 50.5 Å². The smallest absolute Gasteiger partial charge is 0.305 e. The molecule has 9 rings (SSSR count). The van der Waals surface area contributed by atoms with Crippen LogP contribution in [0.2, 0.25) is 0 Å². The van der Waals surface area contributed by atoms with E-state index in [4.69, 9.17) is 24.9 Å². The standard InChI is InChI=1S/C32H31N6.2C11H8N.Ir/c1-31(2,3)23-13-16-26(34-19-23)29-36-28(22-12-15-25(33-18-22)21-10-8-7-9-11-21)37-30(38-29)27-17-14-24(20-35-27)32(4,5)6;2*1-2-6-10(7-3-1)11-8-4-5-9-12-11;/h7-10,12-20H,1-6H3;2*1-6,8-9H;/q3*-1;+3. The first kappa shape index (κ1) is 45.6. The van der Waals surface area contributed by atoms with Crippen LogP contribution in [-0.4, -0.2) is 39.9 Å². The van der Waals surface area contributed by atoms with Crippen molar-refractivity contribution in [3.8, 4) is 68.2 Å². The molecule has 0 N–H and O–H groups in total. The molecule has 0 aliphatic rings. The average molecular weight is 1000 g/mol. The van der Waals surface area contributed by atoms with Gasteiger partial charge in [-0.15, -0.1) is 108 Å². The van der Waals surface area contributed by atoms with Crippen LogP contribution in [0.1, 0.15) is 52.7 Å². The molecule has 0 spiro atoms. The SMILES string of the molecule is CC(C)(C)c1ccc(-c2nc(-c3ccc(-c4[c-]cccc4)nc3)nc(-c3ccc(C(C)(C)C)cn3)n2)nc1.[Ir+3].[c-]1ccccc1-c1ccccn1.[c-]1ccccc1-c1ccccn1. The number of rotatable bonds is 6. The summed E-state index contributed by atoms with van der Waals surface area (Å²) in [6.07, 6.45) is 9.14. The van der Waals surface area contributed by atoms with Crippen molar-refractivity contribution in [2.24, 2.45) is 0 Å². The minimum atomic E-state index is 0. The summed E-state index contributed by atoms with van der Waals surface area (Å²) in [4.78, 5) is 36.8. The Morgan fingerprint density at radius 2 is 0.730 bits per heavy atom. The van der Waals surface area contributed by atoms with Crippen molar-refractivity contribution in [3.63, 3.8) is 0 Å². The first-order valence-corrected chi connectivity index (χ1v) is 20.4. The van der Waals surface area contributed by atoms with Crippen LogP contribution >= 0.6 is 0 Å². The van der Waals surface area contributed by atoms with Crippen LogP contribution < -0.4 is 0 Å². The third-order valence-corrected chi connectivity index (χ3v) is 9.66. The Labute approximate surface area is 384 Å². The van der Waals surface area contributed by atoms with E-state index in [9.17, 15) is 0 Å². The van der Waals surface area contributed by atoms with Crippen LogP contribution in [0.3, 0.4) is 0 Å². The van der Waals surface area contributed by atoms with Crippen LogP contribution in [0.4, 0.5) is 0 Å². The van der Waals surface area contributed by atoms with Crippen LogP contribution in [0, 0.1) is 18.2 Å². The third kappa shape index (κ3) is 12.6. The first-order valence-electron chi connectivity index (χ1n) is 20.4. The van der Waals surface area contributed by atoms with Gasteiger partial charge in [-0.05, 0) is 63.3 Å². The van der Waals surface area contributed by atoms with E-state index in [-0.39, 0.29) is 30.9 Å². The van der Waals surface area contributed by atoms with E-state index in [1.54, 1.807) is 18.6 Å². The van der Waals surface area contributed by atoms with E-state index >= 15 is 0 Å². The number of nitrogens with zero attached hydrogens (tertiary/aromatic N) is 8. The van der Waals surface area contributed by atoms with E-state index < -0.39 is 0 Å². The second-order valence-corrected chi connectivity index (χ2v) is 16.4. The molecule has 0 saturated heterocycles. The molecule has 0 unspecified atom stereocenters. The summed E-state index contributed by atoms with van der Waals surface area (Å²) in [5.41, 5.74) is 10.2. The van der Waals surface area contributed by atoms with E-state index in [2.05, 4.69) is 86.8 Å². The summed E-state index contributed by atoms with van der Waals surface area (Å²) in [6.45, 7) is 13.0. The van der Waals surface area contributed by atoms with Crippen LogP contribution in [-0.2, 0) is 30.9 Å². The molecule has 0 radical (unpaired) electrons. The first-order chi connectivity index (χ1) is 30.0. The summed E-state index contributed by atoms with van der Waals surface area (Å²) in [5.74, 6) is 1.50. The number of pyridine rings is 5. The minimum absolute atomic E-state index is 0. The van der Waals surface area contributed by atoms with Crippen molar-refractivity contribution in [1.29, 1.82) is 0 Å². The molecule has 3 aromatic carbocycles. The largest absolute Gasteiger partial charge is 3.00 e. The molecular weight excluding hydrogens is 953 g/mol. The molecule has 9 heteroatoms. The summed E-state index contributed by atoms with van der Waals surface area (Å²) in [5, 5.41) is 0. The Balaban J connectivity index is 0.000000213. The predicted molar refractivity (Wildman–Crippen MR) is 248 cm³/mol. The summed E-state index contributed by atoms with van der Waals surface area (Å²) in [6, 6.07) is 56.6. The van der Waals surface area contributed by atoms with Crippen molar-refractivity contribution < 1.29 is 20.1 Å². The van der Waals surface area contributed by atoms with E-state index in [1.807, 2.05) is 146 Å². The average Bonchev–Trinajstić information content (AvgIpc) is 3.33. The molecule has 9 aromatic rings. The molecule has 312 valence electrons. The van der Waals surface area contributed by atoms with Gasteiger partial charge in [0.25, 0.3) is 0 Å². The van der Waals surface area contributed by atoms with Gasteiger partial charge in [0.1, 0.15) is 11.4 Å². The van der Waals surface area contributed by atoms with Crippen molar-refractivity contribution in [3.05, 3.63) is 206 Å². The fraction of sp³-hybridized carbons (Fsp3) is 0.148. The van der Waals surface area contributed by atoms with Crippen molar-refractivity contribution in [1.82, 2.24) is 39.9 Å². The zero-order valence-electron chi connectivity index (χ0n) is 36.2. The molecule has 0 fully saturated rings. The maximum atomic E-state index is 4.79. The molecule has 0 aliphatic heterocycles. The van der Waals surface area contributed by atoms with Gasteiger partial charge in [0.15, 0.2) is 17.5 Å². The number of aromatic nitrogens is 8. The molecule has 6 aromatic heterocycles. The molecule has 6 heterocycles. The van der Waals surface area contributed by atoms with Gasteiger partial charge in [0.05, 0.1) is 0 Å². The zero-order valence-corrected chi connectivity index (χ0v) is 38.5. The normalized spacial score (nSPS) is 10.9. The van der Waals surface area contributed by atoms with Gasteiger partial charge in [0.2, 0.25) is 0 Å². The van der Waals surface area contributed by atoms with Gasteiger partial charge in [-0.1, -0.05) is 90.1 Å². The topological polar surface area (TPSA) is 103 Å². The number of hydrogen-bond donors (Lipinski definition) is 0. The van der Waals surface area contributed by atoms with Gasteiger partial charge in [-0.25, -0.2) is 15.0 Å². The fourth-order valence-electron chi connectivity index (χ4n) is 6.06. The molecule has 63 heavy (non-hydrogen) atoms. The minimum Gasteiger partial charge on any atom is -0.305 e. The van der Waals surface area contributed by atoms with Crippen LogP contribution in [0.15, 0.2) is 177 Å². The van der Waals surface area contributed by atoms with Crippen molar-refractivity contribution in [2.75, 3.05) is 0 Å². The summed E-state index contributed by atoms with van der Waals surface area (Å²) in [7, 11) is 0. The quantitative estimate of drug-likeness (QED) is 0.152. The van der Waals surface area contributed by atoms with E-state index in [0.29, 0.717) is 28.9 Å². The molecule has 0 aliphatic carbocycles. The Morgan fingerprint density at radius 1 is 0.349 bits per heavy atom. The Hall–Kier alpha value is -6.93. The van der Waals surface area contributed by atoms with Crippen LogP contribution in [0.5, 0.6) is 0 Å². The maximum absolute atomic E-state index is 4.79. The third-order valence-electron chi connectivity index (χ3n) is 9.66. The molecule has 0 atom stereocenters. The molecule has 8 nitrogen and oxygen atoms in total. The van der Waals surface area contributed by atoms with E-state index in [1.165, 1.54) is 0 Å². The van der Waals surface area contributed by atoms with Crippen molar-refractivity contribution >= 4 is 0 Å². The van der Waals surface area contributed by atoms with Crippen molar-refractivity contribution in [2.45, 2.75) is 52.4 Å². The second kappa shape index (κ2) is 21.2. The van der Waals surface area contributed by atoms with Gasteiger partial charge < -0.3 is 15.0 Å². The Bertz CT molecular complexity index is 2520. The molecular formula is C54H47IrN8.